The maximum atomic E-state index is 10.8. The number of aromatic nitrogens is 1. The van der Waals surface area contributed by atoms with Gasteiger partial charge in [0.1, 0.15) is 6.54 Å². The van der Waals surface area contributed by atoms with Crippen LogP contribution in [0.25, 0.3) is 0 Å². The Morgan fingerprint density at radius 2 is 1.29 bits per heavy atom. The summed E-state index contributed by atoms with van der Waals surface area (Å²) in [5, 5.41) is 8.67. The molecule has 0 unspecified atom stereocenters. The van der Waals surface area contributed by atoms with Crippen LogP contribution < -0.4 is 9.47 Å². The fourth-order valence-electron chi connectivity index (χ4n) is 3.77. The van der Waals surface area contributed by atoms with Gasteiger partial charge in [-0.05, 0) is 37.1 Å². The molecular formula is C26H41N4O3S+. The highest BCUT2D eigenvalue weighted by atomic mass is 32.2. The van der Waals surface area contributed by atoms with E-state index in [4.69, 9.17) is 4.55 Å². The zero-order valence-electron chi connectivity index (χ0n) is 20.8. The van der Waals surface area contributed by atoms with E-state index in [2.05, 4.69) is 41.1 Å². The molecule has 0 radical (unpaired) electrons. The molecule has 34 heavy (non-hydrogen) atoms. The molecule has 0 aliphatic heterocycles. The summed E-state index contributed by atoms with van der Waals surface area (Å²) in [5.74, 6) is -0.244. The summed E-state index contributed by atoms with van der Waals surface area (Å²) in [6, 6.07) is 12.0. The zero-order valence-corrected chi connectivity index (χ0v) is 21.6. The third-order valence-corrected chi connectivity index (χ3v) is 6.56. The van der Waals surface area contributed by atoms with Crippen molar-refractivity contribution < 1.29 is 17.5 Å². The lowest BCUT2D eigenvalue weighted by Gasteiger charge is -2.25. The molecule has 188 valence electrons. The number of aryl methyl sites for hydroxylation is 1. The normalized spacial score (nSPS) is 11.9. The monoisotopic (exact) mass is 489 g/mol. The second-order valence-electron chi connectivity index (χ2n) is 8.76. The van der Waals surface area contributed by atoms with Crippen molar-refractivity contribution in [3.05, 3.63) is 48.8 Å². The fraction of sp³-hybridized carbons (Fsp3) is 0.577. The highest BCUT2D eigenvalue weighted by Gasteiger charge is 2.08. The van der Waals surface area contributed by atoms with E-state index in [9.17, 15) is 8.42 Å². The molecule has 1 aromatic heterocycles. The van der Waals surface area contributed by atoms with Crippen molar-refractivity contribution in [2.45, 2.75) is 78.2 Å². The first-order chi connectivity index (χ1) is 16.4. The van der Waals surface area contributed by atoms with E-state index < -0.39 is 10.1 Å². The first kappa shape index (κ1) is 27.9. The topological polar surface area (TPSA) is 86.2 Å². The van der Waals surface area contributed by atoms with E-state index in [1.165, 1.54) is 57.1 Å². The maximum Gasteiger partial charge on any atom is 0.265 e. The number of nitrogens with zero attached hydrogens (tertiary/aromatic N) is 4. The van der Waals surface area contributed by atoms with Crippen LogP contribution in [0.3, 0.4) is 0 Å². The summed E-state index contributed by atoms with van der Waals surface area (Å²) in [7, 11) is -3.91. The second kappa shape index (κ2) is 15.6. The van der Waals surface area contributed by atoms with E-state index in [1.54, 1.807) is 0 Å². The lowest BCUT2D eigenvalue weighted by molar-refractivity contribution is -0.696. The van der Waals surface area contributed by atoms with Gasteiger partial charge >= 0.3 is 0 Å². The van der Waals surface area contributed by atoms with Crippen LogP contribution in [0.15, 0.2) is 59.0 Å². The van der Waals surface area contributed by atoms with Gasteiger partial charge in [0.25, 0.3) is 10.1 Å². The van der Waals surface area contributed by atoms with Gasteiger partial charge in [0.05, 0.1) is 17.1 Å². The predicted octanol–water partition coefficient (Wildman–Crippen LogP) is 6.63. The SMILES string of the molecule is CCCCCCN(CCCCCC)c1ccc(N=Nc2cc[n+](CCCS(=O)(=O)O)cc2)cc1. The molecule has 0 bridgehead atoms. The molecule has 0 saturated carbocycles. The van der Waals surface area contributed by atoms with Crippen LogP contribution in [-0.2, 0) is 16.7 Å². The predicted molar refractivity (Wildman–Crippen MR) is 139 cm³/mol. The van der Waals surface area contributed by atoms with Gasteiger partial charge in [0.15, 0.2) is 12.4 Å². The summed E-state index contributed by atoms with van der Waals surface area (Å²) >= 11 is 0. The first-order valence-electron chi connectivity index (χ1n) is 12.6. The Morgan fingerprint density at radius 1 is 0.765 bits per heavy atom. The van der Waals surface area contributed by atoms with Crippen LogP contribution in [0, 0.1) is 0 Å². The zero-order chi connectivity index (χ0) is 24.7. The molecule has 1 aromatic carbocycles. The number of hydrogen-bond donors (Lipinski definition) is 1. The molecule has 0 spiro atoms. The molecule has 1 heterocycles. The van der Waals surface area contributed by atoms with Gasteiger partial charge in [0.2, 0.25) is 0 Å². The molecule has 2 rings (SSSR count). The van der Waals surface area contributed by atoms with E-state index in [-0.39, 0.29) is 5.75 Å². The van der Waals surface area contributed by atoms with Crippen LogP contribution in [0.2, 0.25) is 0 Å². The number of hydrogen-bond acceptors (Lipinski definition) is 5. The third kappa shape index (κ3) is 11.7. The Hall–Kier alpha value is -2.32. The van der Waals surface area contributed by atoms with Gasteiger partial charge in [-0.1, -0.05) is 52.4 Å². The molecule has 0 atom stereocenters. The van der Waals surface area contributed by atoms with Crippen molar-refractivity contribution >= 4 is 27.2 Å². The molecule has 0 fully saturated rings. The van der Waals surface area contributed by atoms with Gasteiger partial charge in [-0.3, -0.25) is 4.55 Å². The van der Waals surface area contributed by atoms with E-state index in [1.807, 2.05) is 41.2 Å². The average Bonchev–Trinajstić information content (AvgIpc) is 2.82. The average molecular weight is 490 g/mol. The van der Waals surface area contributed by atoms with E-state index >= 15 is 0 Å². The number of anilines is 1. The lowest BCUT2D eigenvalue weighted by Crippen LogP contribution is -2.33. The number of rotatable bonds is 17. The summed E-state index contributed by atoms with van der Waals surface area (Å²) in [5.41, 5.74) is 2.78. The first-order valence-corrected chi connectivity index (χ1v) is 14.2. The summed E-state index contributed by atoms with van der Waals surface area (Å²) in [4.78, 5) is 2.50. The van der Waals surface area contributed by atoms with Crippen molar-refractivity contribution in [2.24, 2.45) is 10.2 Å². The molecule has 2 aromatic rings. The number of benzene rings is 1. The summed E-state index contributed by atoms with van der Waals surface area (Å²) in [6.45, 7) is 7.20. The van der Waals surface area contributed by atoms with Crippen molar-refractivity contribution in [3.63, 3.8) is 0 Å². The van der Waals surface area contributed by atoms with Gasteiger partial charge in [0, 0.05) is 37.3 Å². The Kier molecular flexibility index (Phi) is 12.8. The second-order valence-corrected chi connectivity index (χ2v) is 10.3. The summed E-state index contributed by atoms with van der Waals surface area (Å²) < 4.78 is 32.3. The molecule has 0 aliphatic rings. The highest BCUT2D eigenvalue weighted by Crippen LogP contribution is 2.23. The van der Waals surface area contributed by atoms with E-state index in [0.717, 1.165) is 24.5 Å². The minimum Gasteiger partial charge on any atom is -0.372 e. The van der Waals surface area contributed by atoms with Gasteiger partial charge < -0.3 is 4.90 Å². The number of azo groups is 1. The van der Waals surface area contributed by atoms with Crippen LogP contribution >= 0.6 is 0 Å². The highest BCUT2D eigenvalue weighted by molar-refractivity contribution is 7.85. The van der Waals surface area contributed by atoms with Crippen molar-refractivity contribution in [1.82, 2.24) is 0 Å². The van der Waals surface area contributed by atoms with Crippen molar-refractivity contribution in [2.75, 3.05) is 23.7 Å². The van der Waals surface area contributed by atoms with Gasteiger partial charge in [-0.25, -0.2) is 4.57 Å². The van der Waals surface area contributed by atoms with Crippen molar-refractivity contribution in [3.8, 4) is 0 Å². The van der Waals surface area contributed by atoms with Crippen LogP contribution in [0.4, 0.5) is 17.1 Å². The smallest absolute Gasteiger partial charge is 0.265 e. The van der Waals surface area contributed by atoms with E-state index in [0.29, 0.717) is 13.0 Å². The minimum atomic E-state index is -3.91. The standard InChI is InChI=1S/C26H40N4O3S/c1-3-5-7-9-19-30(20-10-8-6-4-2)26-14-12-24(13-15-26)27-28-25-16-21-29(22-17-25)18-11-23-34(31,32)33/h12-17,21-22H,3-11,18-20,23H2,1-2H3/p+1. The molecular weight excluding hydrogens is 448 g/mol. The molecule has 0 saturated heterocycles. The largest absolute Gasteiger partial charge is 0.372 e. The van der Waals surface area contributed by atoms with Crippen molar-refractivity contribution in [1.29, 1.82) is 0 Å². The Labute approximate surface area is 205 Å². The third-order valence-electron chi connectivity index (χ3n) is 5.75. The maximum absolute atomic E-state index is 10.8. The molecule has 0 aliphatic carbocycles. The minimum absolute atomic E-state index is 0.244. The number of pyridine rings is 1. The Bertz CT molecular complexity index is 933. The molecule has 0 amide bonds. The van der Waals surface area contributed by atoms with Crippen LogP contribution in [0.5, 0.6) is 0 Å². The quantitative estimate of drug-likeness (QED) is 0.117. The summed E-state index contributed by atoms with van der Waals surface area (Å²) in [6.07, 6.45) is 14.1. The molecule has 8 heteroatoms. The Balaban J connectivity index is 1.92. The molecule has 7 nitrogen and oxygen atoms in total. The van der Waals surface area contributed by atoms with Crippen LogP contribution in [0.1, 0.15) is 71.6 Å². The van der Waals surface area contributed by atoms with Gasteiger partial charge in [-0.15, -0.1) is 0 Å². The Morgan fingerprint density at radius 3 is 1.79 bits per heavy atom. The molecule has 1 N–H and O–H groups in total. The number of unbranched alkanes of at least 4 members (excludes halogenated alkanes) is 6. The van der Waals surface area contributed by atoms with Gasteiger partial charge in [-0.2, -0.15) is 18.6 Å². The van der Waals surface area contributed by atoms with Crippen LogP contribution in [-0.4, -0.2) is 31.8 Å². The lowest BCUT2D eigenvalue weighted by atomic mass is 10.1. The fourth-order valence-corrected chi connectivity index (χ4v) is 4.26.